The fourth-order valence-electron chi connectivity index (χ4n) is 4.43. The molecule has 0 radical (unpaired) electrons. The number of nitrogens with one attached hydrogen (secondary N) is 1. The zero-order valence-electron chi connectivity index (χ0n) is 19.9. The van der Waals surface area contributed by atoms with Crippen LogP contribution in [0.1, 0.15) is 36.9 Å². The van der Waals surface area contributed by atoms with Crippen molar-refractivity contribution in [2.24, 2.45) is 5.92 Å². The molecule has 1 saturated carbocycles. The fourth-order valence-corrected chi connectivity index (χ4v) is 4.43. The lowest BCUT2D eigenvalue weighted by atomic mass is 9.87. The van der Waals surface area contributed by atoms with Crippen LogP contribution in [0.5, 0.6) is 5.75 Å². The molecule has 0 aliphatic heterocycles. The van der Waals surface area contributed by atoms with E-state index in [0.29, 0.717) is 42.5 Å². The average molecular weight is 486 g/mol. The highest BCUT2D eigenvalue weighted by Gasteiger charge is 2.28. The molecule has 0 spiro atoms. The molecule has 3 aromatic heterocycles. The van der Waals surface area contributed by atoms with Crippen LogP contribution in [0.2, 0.25) is 0 Å². The van der Waals surface area contributed by atoms with Crippen LogP contribution in [-0.2, 0) is 11.3 Å². The predicted molar refractivity (Wildman–Crippen MR) is 133 cm³/mol. The van der Waals surface area contributed by atoms with Crippen LogP contribution in [0.3, 0.4) is 0 Å². The van der Waals surface area contributed by atoms with Gasteiger partial charge in [0.25, 0.3) is 0 Å². The topological polar surface area (TPSA) is 123 Å². The molecule has 3 heterocycles. The molecular weight excluding hydrogens is 458 g/mol. The highest BCUT2D eigenvalue weighted by Crippen LogP contribution is 2.30. The molecule has 1 fully saturated rings. The van der Waals surface area contributed by atoms with Crippen LogP contribution >= 0.6 is 0 Å². The molecule has 0 bridgehead atoms. The number of nitrogens with zero attached hydrogens (tertiary/aromatic N) is 4. The van der Waals surface area contributed by atoms with E-state index in [-0.39, 0.29) is 12.0 Å². The van der Waals surface area contributed by atoms with Crippen molar-refractivity contribution >= 4 is 11.9 Å². The summed E-state index contributed by atoms with van der Waals surface area (Å²) in [6.45, 7) is 2.30. The minimum Gasteiger partial charge on any atom is -0.489 e. The van der Waals surface area contributed by atoms with Gasteiger partial charge in [0.2, 0.25) is 5.95 Å². The SMILES string of the molecule is Cc1noc(-c2ccc(O[C@H]3CCC[C@H](C(=O)O)C3)cn2)c1CNc1nccc(-c2ccccc2)n1. The van der Waals surface area contributed by atoms with E-state index in [0.717, 1.165) is 35.4 Å². The standard InChI is InChI=1S/C27H27N5O4/c1-17-22(16-30-27-28-13-12-23(31-27)18-6-3-2-4-7-18)25(36-32-17)24-11-10-21(15-29-24)35-20-9-5-8-19(14-20)26(33)34/h2-4,6-7,10-13,15,19-20H,5,8-9,14,16H2,1H3,(H,33,34)(H,28,30,31)/t19-,20-/m0/s1. The highest BCUT2D eigenvalue weighted by molar-refractivity contribution is 5.70. The summed E-state index contributed by atoms with van der Waals surface area (Å²) in [5, 5.41) is 16.7. The van der Waals surface area contributed by atoms with Crippen molar-refractivity contribution in [3.63, 3.8) is 0 Å². The number of benzene rings is 1. The molecule has 4 aromatic rings. The number of aryl methyl sites for hydroxylation is 1. The Kier molecular flexibility index (Phi) is 6.88. The lowest BCUT2D eigenvalue weighted by molar-refractivity contribution is -0.143. The second-order valence-electron chi connectivity index (χ2n) is 8.88. The van der Waals surface area contributed by atoms with Gasteiger partial charge < -0.3 is 19.7 Å². The predicted octanol–water partition coefficient (Wildman–Crippen LogP) is 5.14. The van der Waals surface area contributed by atoms with Crippen molar-refractivity contribution in [1.29, 1.82) is 0 Å². The minimum absolute atomic E-state index is 0.119. The van der Waals surface area contributed by atoms with E-state index >= 15 is 0 Å². The third-order valence-corrected chi connectivity index (χ3v) is 6.38. The number of carbonyl (C=O) groups is 1. The maximum Gasteiger partial charge on any atom is 0.306 e. The van der Waals surface area contributed by atoms with Crippen molar-refractivity contribution in [1.82, 2.24) is 20.1 Å². The largest absolute Gasteiger partial charge is 0.489 e. The second-order valence-corrected chi connectivity index (χ2v) is 8.88. The summed E-state index contributed by atoms with van der Waals surface area (Å²) >= 11 is 0. The molecule has 0 amide bonds. The minimum atomic E-state index is -0.754. The normalized spacial score (nSPS) is 17.5. The van der Waals surface area contributed by atoms with E-state index in [1.54, 1.807) is 12.4 Å². The van der Waals surface area contributed by atoms with Crippen LogP contribution < -0.4 is 10.1 Å². The van der Waals surface area contributed by atoms with E-state index in [2.05, 4.69) is 25.4 Å². The van der Waals surface area contributed by atoms with Gasteiger partial charge in [-0.2, -0.15) is 0 Å². The van der Waals surface area contributed by atoms with Crippen molar-refractivity contribution in [2.75, 3.05) is 5.32 Å². The first-order valence-electron chi connectivity index (χ1n) is 12.0. The number of aromatic nitrogens is 4. The van der Waals surface area contributed by atoms with Crippen molar-refractivity contribution in [2.45, 2.75) is 45.3 Å². The van der Waals surface area contributed by atoms with Gasteiger partial charge in [0.1, 0.15) is 11.4 Å². The lowest BCUT2D eigenvalue weighted by Crippen LogP contribution is -2.29. The van der Waals surface area contributed by atoms with E-state index in [1.807, 2.05) is 55.5 Å². The Bertz CT molecular complexity index is 1320. The molecule has 0 unspecified atom stereocenters. The number of carboxylic acids is 1. The maximum absolute atomic E-state index is 11.3. The molecule has 5 rings (SSSR count). The Labute approximate surface area is 208 Å². The van der Waals surface area contributed by atoms with Crippen LogP contribution in [0.15, 0.2) is 65.4 Å². The summed E-state index contributed by atoms with van der Waals surface area (Å²) in [5.74, 6) is 0.578. The van der Waals surface area contributed by atoms with Gasteiger partial charge in [0.15, 0.2) is 5.76 Å². The van der Waals surface area contributed by atoms with E-state index in [1.165, 1.54) is 0 Å². The van der Waals surface area contributed by atoms with Gasteiger partial charge in [-0.1, -0.05) is 35.5 Å². The molecule has 1 aromatic carbocycles. The zero-order chi connectivity index (χ0) is 24.9. The molecule has 0 saturated heterocycles. The summed E-state index contributed by atoms with van der Waals surface area (Å²) in [7, 11) is 0. The van der Waals surface area contributed by atoms with Crippen LogP contribution in [0.4, 0.5) is 5.95 Å². The van der Waals surface area contributed by atoms with Crippen LogP contribution in [-0.4, -0.2) is 37.3 Å². The van der Waals surface area contributed by atoms with Gasteiger partial charge in [0, 0.05) is 23.9 Å². The number of ether oxygens (including phenoxy) is 1. The van der Waals surface area contributed by atoms with Gasteiger partial charge in [0.05, 0.1) is 29.6 Å². The maximum atomic E-state index is 11.3. The number of aliphatic carboxylic acids is 1. The number of hydrogen-bond donors (Lipinski definition) is 2. The zero-order valence-corrected chi connectivity index (χ0v) is 19.9. The number of pyridine rings is 1. The third-order valence-electron chi connectivity index (χ3n) is 6.38. The number of carboxylic acid groups (broad SMARTS) is 1. The molecule has 36 heavy (non-hydrogen) atoms. The van der Waals surface area contributed by atoms with E-state index in [4.69, 9.17) is 9.26 Å². The first-order valence-corrected chi connectivity index (χ1v) is 12.0. The molecule has 9 nitrogen and oxygen atoms in total. The summed E-state index contributed by atoms with van der Waals surface area (Å²) in [6, 6.07) is 15.5. The molecule has 184 valence electrons. The summed E-state index contributed by atoms with van der Waals surface area (Å²) in [6.07, 6.45) is 6.16. The second kappa shape index (κ2) is 10.6. The van der Waals surface area contributed by atoms with Crippen molar-refractivity contribution in [3.05, 3.63) is 72.2 Å². The van der Waals surface area contributed by atoms with Crippen LogP contribution in [0, 0.1) is 12.8 Å². The monoisotopic (exact) mass is 485 g/mol. The lowest BCUT2D eigenvalue weighted by Gasteiger charge is -2.27. The van der Waals surface area contributed by atoms with Gasteiger partial charge in [-0.25, -0.2) is 15.0 Å². The van der Waals surface area contributed by atoms with Gasteiger partial charge in [-0.15, -0.1) is 0 Å². The van der Waals surface area contributed by atoms with Gasteiger partial charge in [-0.05, 0) is 50.8 Å². The molecule has 9 heteroatoms. The Morgan fingerprint density at radius 3 is 2.75 bits per heavy atom. The molecule has 2 N–H and O–H groups in total. The molecule has 1 aliphatic carbocycles. The number of hydrogen-bond acceptors (Lipinski definition) is 8. The Morgan fingerprint density at radius 1 is 1.11 bits per heavy atom. The average Bonchev–Trinajstić information content (AvgIpc) is 3.29. The number of rotatable bonds is 8. The van der Waals surface area contributed by atoms with Crippen LogP contribution in [0.25, 0.3) is 22.7 Å². The van der Waals surface area contributed by atoms with Crippen molar-refractivity contribution in [3.8, 4) is 28.5 Å². The molecule has 2 atom stereocenters. The smallest absolute Gasteiger partial charge is 0.306 e. The third kappa shape index (κ3) is 5.35. The van der Waals surface area contributed by atoms with Crippen molar-refractivity contribution < 1.29 is 19.2 Å². The Hall–Kier alpha value is -4.27. The van der Waals surface area contributed by atoms with E-state index < -0.39 is 5.97 Å². The summed E-state index contributed by atoms with van der Waals surface area (Å²) in [5.41, 5.74) is 4.09. The summed E-state index contributed by atoms with van der Waals surface area (Å²) < 4.78 is 11.6. The Balaban J connectivity index is 1.26. The molecular formula is C27H27N5O4. The first-order chi connectivity index (χ1) is 17.6. The highest BCUT2D eigenvalue weighted by atomic mass is 16.5. The van der Waals surface area contributed by atoms with Gasteiger partial charge in [-0.3, -0.25) is 4.79 Å². The summed E-state index contributed by atoms with van der Waals surface area (Å²) in [4.78, 5) is 24.8. The quantitative estimate of drug-likeness (QED) is 0.349. The van der Waals surface area contributed by atoms with E-state index in [9.17, 15) is 9.90 Å². The number of anilines is 1. The first kappa shape index (κ1) is 23.5. The fraction of sp³-hybridized carbons (Fsp3) is 0.296. The van der Waals surface area contributed by atoms with Gasteiger partial charge >= 0.3 is 5.97 Å². The Morgan fingerprint density at radius 2 is 1.97 bits per heavy atom. The molecule has 1 aliphatic rings.